The topological polar surface area (TPSA) is 103 Å². The molecule has 0 atom stereocenters. The van der Waals surface area contributed by atoms with Gasteiger partial charge in [-0.3, -0.25) is 9.59 Å². The van der Waals surface area contributed by atoms with Gasteiger partial charge < -0.3 is 9.26 Å². The Morgan fingerprint density at radius 3 is 2.43 bits per heavy atom. The van der Waals surface area contributed by atoms with Crippen LogP contribution in [0.2, 0.25) is 0 Å². The minimum absolute atomic E-state index is 0.255. The second-order valence-corrected chi connectivity index (χ2v) is 7.56. The Hall–Kier alpha value is -3.46. The van der Waals surface area contributed by atoms with Gasteiger partial charge in [0.05, 0.1) is 22.4 Å². The molecule has 0 spiro atoms. The molecule has 2 amide bonds. The van der Waals surface area contributed by atoms with E-state index in [9.17, 15) is 14.4 Å². The highest BCUT2D eigenvalue weighted by Gasteiger charge is 2.36. The number of esters is 1. The number of amides is 2. The molecule has 1 aromatic carbocycles. The monoisotopic (exact) mass is 423 g/mol. The molecule has 0 saturated carbocycles. The number of imide groups is 1. The molecule has 9 heteroatoms. The molecule has 4 rings (SSSR count). The minimum Gasteiger partial charge on any atom is -0.440 e. The normalized spacial score (nSPS) is 12.9. The molecule has 0 bridgehead atoms. The third-order valence-electron chi connectivity index (χ3n) is 4.73. The van der Waals surface area contributed by atoms with Gasteiger partial charge in [-0.25, -0.2) is 14.7 Å². The molecule has 152 valence electrons. The Bertz CT molecular complexity index is 1100. The van der Waals surface area contributed by atoms with Crippen LogP contribution in [0.4, 0.5) is 0 Å². The molecule has 8 nitrogen and oxygen atoms in total. The molecule has 0 saturated heterocycles. The molecule has 0 fully saturated rings. The first kappa shape index (κ1) is 19.8. The molecule has 0 unspecified atom stereocenters. The maximum Gasteiger partial charge on any atom is 0.342 e. The fourth-order valence-corrected chi connectivity index (χ4v) is 4.20. The number of fused-ring (bicyclic) bond motifs is 1. The van der Waals surface area contributed by atoms with Crippen LogP contribution in [0.15, 0.2) is 52.1 Å². The van der Waals surface area contributed by atoms with Crippen molar-refractivity contribution in [3.8, 4) is 0 Å². The number of nitrogens with zero attached hydrogens (tertiary/aromatic N) is 3. The lowest BCUT2D eigenvalue weighted by Gasteiger charge is -2.14. The second-order valence-electron chi connectivity index (χ2n) is 6.59. The van der Waals surface area contributed by atoms with Gasteiger partial charge in [-0.2, -0.15) is 0 Å². The number of rotatable bonds is 6. The van der Waals surface area contributed by atoms with Crippen molar-refractivity contribution in [2.75, 3.05) is 6.73 Å². The largest absolute Gasteiger partial charge is 0.440 e. The summed E-state index contributed by atoms with van der Waals surface area (Å²) in [7, 11) is 0. The summed E-state index contributed by atoms with van der Waals surface area (Å²) in [5, 5.41) is 4.40. The van der Waals surface area contributed by atoms with E-state index in [0.717, 1.165) is 16.2 Å². The van der Waals surface area contributed by atoms with E-state index in [-0.39, 0.29) is 5.56 Å². The van der Waals surface area contributed by atoms with Crippen molar-refractivity contribution in [3.63, 3.8) is 0 Å². The van der Waals surface area contributed by atoms with E-state index in [1.54, 1.807) is 42.6 Å². The lowest BCUT2D eigenvalue weighted by molar-refractivity contribution is 0.0225. The molecule has 0 radical (unpaired) electrons. The van der Waals surface area contributed by atoms with E-state index in [4.69, 9.17) is 9.26 Å². The van der Waals surface area contributed by atoms with Crippen LogP contribution in [0.3, 0.4) is 0 Å². The van der Waals surface area contributed by atoms with Crippen LogP contribution < -0.4 is 0 Å². The summed E-state index contributed by atoms with van der Waals surface area (Å²) < 4.78 is 10.4. The van der Waals surface area contributed by atoms with Crippen molar-refractivity contribution in [2.45, 2.75) is 24.6 Å². The summed E-state index contributed by atoms with van der Waals surface area (Å²) in [6.45, 7) is 3.21. The lowest BCUT2D eigenvalue weighted by atomic mass is 10.1. The Kier molecular flexibility index (Phi) is 5.37. The van der Waals surface area contributed by atoms with Gasteiger partial charge in [0.15, 0.2) is 6.73 Å². The molecule has 1 aliphatic heterocycles. The van der Waals surface area contributed by atoms with Gasteiger partial charge in [0.25, 0.3) is 11.8 Å². The Labute approximate surface area is 176 Å². The zero-order valence-corrected chi connectivity index (χ0v) is 17.1. The van der Waals surface area contributed by atoms with Crippen LogP contribution in [0.1, 0.15) is 48.1 Å². The van der Waals surface area contributed by atoms with Crippen molar-refractivity contribution >= 4 is 29.5 Å². The summed E-state index contributed by atoms with van der Waals surface area (Å²) in [5.41, 5.74) is 2.58. The SMILES string of the molecule is Cc1noc(C)c1CSc1ncccc1C(=O)OCN1C(=O)c2ccccc2C1=O. The molecule has 2 aromatic heterocycles. The van der Waals surface area contributed by atoms with Crippen molar-refractivity contribution < 1.29 is 23.6 Å². The number of thioether (sulfide) groups is 1. The third-order valence-corrected chi connectivity index (χ3v) is 5.76. The van der Waals surface area contributed by atoms with E-state index in [0.29, 0.717) is 27.7 Å². The molecule has 1 aliphatic rings. The maximum atomic E-state index is 12.6. The van der Waals surface area contributed by atoms with E-state index >= 15 is 0 Å². The van der Waals surface area contributed by atoms with E-state index in [1.807, 2.05) is 13.8 Å². The van der Waals surface area contributed by atoms with Gasteiger partial charge in [-0.1, -0.05) is 17.3 Å². The van der Waals surface area contributed by atoms with Crippen LogP contribution in [0.5, 0.6) is 0 Å². The van der Waals surface area contributed by atoms with Gasteiger partial charge in [-0.05, 0) is 38.1 Å². The van der Waals surface area contributed by atoms with Gasteiger partial charge in [-0.15, -0.1) is 11.8 Å². The first-order chi connectivity index (χ1) is 14.5. The fourth-order valence-electron chi connectivity index (χ4n) is 3.07. The molecule has 30 heavy (non-hydrogen) atoms. The predicted molar refractivity (Wildman–Crippen MR) is 107 cm³/mol. The van der Waals surface area contributed by atoms with Crippen molar-refractivity contribution in [3.05, 3.63) is 76.3 Å². The van der Waals surface area contributed by atoms with E-state index < -0.39 is 24.5 Å². The standard InChI is InChI=1S/C21H17N3O5S/c1-12-17(13(2)29-23-12)10-30-18-16(8-5-9-22-18)21(27)28-11-24-19(25)14-6-3-4-7-15(14)20(24)26/h3-9H,10-11H2,1-2H3. The molecule has 3 aromatic rings. The van der Waals surface area contributed by atoms with Gasteiger partial charge >= 0.3 is 5.97 Å². The number of carbonyl (C=O) groups excluding carboxylic acids is 3. The van der Waals surface area contributed by atoms with Crippen LogP contribution in [-0.2, 0) is 10.5 Å². The minimum atomic E-state index is -0.666. The van der Waals surface area contributed by atoms with Gasteiger partial charge in [0.1, 0.15) is 10.8 Å². The highest BCUT2D eigenvalue weighted by molar-refractivity contribution is 7.98. The summed E-state index contributed by atoms with van der Waals surface area (Å²) in [5.74, 6) is -0.395. The fraction of sp³-hybridized carbons (Fsp3) is 0.190. The first-order valence-electron chi connectivity index (χ1n) is 9.09. The van der Waals surface area contributed by atoms with Gasteiger partial charge in [0, 0.05) is 17.5 Å². The number of aryl methyl sites for hydroxylation is 2. The molecular weight excluding hydrogens is 406 g/mol. The van der Waals surface area contributed by atoms with Crippen LogP contribution in [-0.4, -0.2) is 39.6 Å². The first-order valence-corrected chi connectivity index (χ1v) is 10.1. The number of benzene rings is 1. The lowest BCUT2D eigenvalue weighted by Crippen LogP contribution is -2.33. The number of ether oxygens (including phenoxy) is 1. The highest BCUT2D eigenvalue weighted by atomic mass is 32.2. The Morgan fingerprint density at radius 1 is 1.10 bits per heavy atom. The highest BCUT2D eigenvalue weighted by Crippen LogP contribution is 2.28. The van der Waals surface area contributed by atoms with Gasteiger partial charge in [0.2, 0.25) is 0 Å². The molecule has 0 N–H and O–H groups in total. The van der Waals surface area contributed by atoms with Crippen molar-refractivity contribution in [1.82, 2.24) is 15.0 Å². The summed E-state index contributed by atoms with van der Waals surface area (Å²) >= 11 is 1.35. The summed E-state index contributed by atoms with van der Waals surface area (Å²) in [4.78, 5) is 42.6. The van der Waals surface area contributed by atoms with E-state index in [1.165, 1.54) is 11.8 Å². The quantitative estimate of drug-likeness (QED) is 0.338. The average molecular weight is 423 g/mol. The second kappa shape index (κ2) is 8.11. The molecular formula is C21H17N3O5S. The van der Waals surface area contributed by atoms with Crippen molar-refractivity contribution in [1.29, 1.82) is 0 Å². The summed E-state index contributed by atoms with van der Waals surface area (Å²) in [6, 6.07) is 9.71. The third kappa shape index (κ3) is 3.59. The van der Waals surface area contributed by atoms with Crippen LogP contribution in [0.25, 0.3) is 0 Å². The van der Waals surface area contributed by atoms with Crippen molar-refractivity contribution in [2.24, 2.45) is 0 Å². The molecule has 0 aliphatic carbocycles. The smallest absolute Gasteiger partial charge is 0.342 e. The maximum absolute atomic E-state index is 12.6. The number of carbonyl (C=O) groups is 3. The zero-order chi connectivity index (χ0) is 21.3. The Balaban J connectivity index is 1.45. The number of aromatic nitrogens is 2. The number of hydrogen-bond acceptors (Lipinski definition) is 8. The molecule has 3 heterocycles. The zero-order valence-electron chi connectivity index (χ0n) is 16.2. The Morgan fingerprint density at radius 2 is 1.80 bits per heavy atom. The predicted octanol–water partition coefficient (Wildman–Crippen LogP) is 3.39. The summed E-state index contributed by atoms with van der Waals surface area (Å²) in [6.07, 6.45) is 1.58. The van der Waals surface area contributed by atoms with Crippen LogP contribution in [0, 0.1) is 13.8 Å². The average Bonchev–Trinajstić information content (AvgIpc) is 3.21. The van der Waals surface area contributed by atoms with Crippen LogP contribution >= 0.6 is 11.8 Å². The number of hydrogen-bond donors (Lipinski definition) is 0. The van der Waals surface area contributed by atoms with E-state index in [2.05, 4.69) is 10.1 Å². The number of pyridine rings is 1.